The SMILES string of the molecule is COc1cnc(CC(=O)NC2CC([C@H]3CC[C@@H](OC(=O)N4CCC4(C)C)C3)NN2)cn1. The van der Waals surface area contributed by atoms with Crippen molar-refractivity contribution in [3.8, 4) is 5.88 Å². The van der Waals surface area contributed by atoms with Crippen molar-refractivity contribution >= 4 is 12.0 Å². The molecule has 1 saturated carbocycles. The molecule has 3 aliphatic rings. The molecule has 2 saturated heterocycles. The zero-order valence-electron chi connectivity index (χ0n) is 18.4. The third-order valence-corrected chi connectivity index (χ3v) is 6.66. The lowest BCUT2D eigenvalue weighted by molar-refractivity contribution is -0.121. The maximum absolute atomic E-state index is 12.4. The van der Waals surface area contributed by atoms with Crippen LogP contribution in [-0.2, 0) is 16.0 Å². The molecule has 2 unspecified atom stereocenters. The first-order valence-electron chi connectivity index (χ1n) is 11.0. The van der Waals surface area contributed by atoms with Crippen LogP contribution in [0.15, 0.2) is 12.4 Å². The number of carbonyl (C=O) groups excluding carboxylic acids is 2. The standard InChI is InChI=1S/C21H32N6O4/c1-21(2)6-7-27(21)20(29)31-15-5-4-13(8-15)16-10-17(26-25-16)24-18(28)9-14-11-23-19(30-3)12-22-14/h11-13,15-17,25-26H,4-10H2,1-3H3,(H,24,28)/t13-,15+,16?,17?/m0/s1. The van der Waals surface area contributed by atoms with Gasteiger partial charge in [-0.2, -0.15) is 0 Å². The minimum atomic E-state index is -0.189. The van der Waals surface area contributed by atoms with Gasteiger partial charge in [0.05, 0.1) is 37.8 Å². The molecule has 10 nitrogen and oxygen atoms in total. The highest BCUT2D eigenvalue weighted by molar-refractivity contribution is 5.78. The normalized spacial score (nSPS) is 29.3. The van der Waals surface area contributed by atoms with Crippen LogP contribution in [0.3, 0.4) is 0 Å². The van der Waals surface area contributed by atoms with Crippen LogP contribution in [-0.4, -0.2) is 64.4 Å². The van der Waals surface area contributed by atoms with Gasteiger partial charge in [-0.25, -0.2) is 15.2 Å². The van der Waals surface area contributed by atoms with Gasteiger partial charge in [-0.3, -0.25) is 15.2 Å². The zero-order valence-corrected chi connectivity index (χ0v) is 18.4. The number of nitrogens with zero attached hydrogens (tertiary/aromatic N) is 3. The smallest absolute Gasteiger partial charge is 0.410 e. The van der Waals surface area contributed by atoms with E-state index in [0.717, 1.165) is 38.6 Å². The van der Waals surface area contributed by atoms with E-state index in [0.29, 0.717) is 17.5 Å². The lowest BCUT2D eigenvalue weighted by atomic mass is 9.90. The van der Waals surface area contributed by atoms with E-state index in [1.54, 1.807) is 6.20 Å². The fourth-order valence-electron chi connectivity index (χ4n) is 4.60. The Morgan fingerprint density at radius 1 is 1.23 bits per heavy atom. The average molecular weight is 433 g/mol. The summed E-state index contributed by atoms with van der Waals surface area (Å²) in [7, 11) is 1.52. The van der Waals surface area contributed by atoms with E-state index >= 15 is 0 Å². The molecule has 0 spiro atoms. The summed E-state index contributed by atoms with van der Waals surface area (Å²) in [5.41, 5.74) is 6.97. The minimum absolute atomic E-state index is 0.0296. The minimum Gasteiger partial charge on any atom is -0.480 e. The number of hydrogen-bond donors (Lipinski definition) is 3. The van der Waals surface area contributed by atoms with Crippen molar-refractivity contribution in [2.45, 2.75) is 76.2 Å². The summed E-state index contributed by atoms with van der Waals surface area (Å²) in [6.45, 7) is 4.91. The topological polar surface area (TPSA) is 118 Å². The first kappa shape index (κ1) is 21.8. The molecular formula is C21H32N6O4. The molecule has 1 aliphatic carbocycles. The number of ether oxygens (including phenoxy) is 2. The quantitative estimate of drug-likeness (QED) is 0.612. The van der Waals surface area contributed by atoms with Gasteiger partial charge in [0.2, 0.25) is 11.8 Å². The largest absolute Gasteiger partial charge is 0.480 e. The highest BCUT2D eigenvalue weighted by atomic mass is 16.6. The molecule has 31 heavy (non-hydrogen) atoms. The third kappa shape index (κ3) is 5.07. The molecule has 2 amide bonds. The summed E-state index contributed by atoms with van der Waals surface area (Å²) in [6, 6.07) is 0.232. The Bertz CT molecular complexity index is 802. The van der Waals surface area contributed by atoms with Gasteiger partial charge in [0, 0.05) is 18.1 Å². The molecule has 0 radical (unpaired) electrons. The van der Waals surface area contributed by atoms with Gasteiger partial charge in [0.15, 0.2) is 0 Å². The average Bonchev–Trinajstić information content (AvgIpc) is 3.37. The van der Waals surface area contributed by atoms with E-state index < -0.39 is 0 Å². The summed E-state index contributed by atoms with van der Waals surface area (Å²) in [6.07, 6.45) is 7.38. The second-order valence-corrected chi connectivity index (χ2v) is 9.27. The van der Waals surface area contributed by atoms with E-state index in [-0.39, 0.29) is 42.3 Å². The fraction of sp³-hybridized carbons (Fsp3) is 0.714. The van der Waals surface area contributed by atoms with Crippen molar-refractivity contribution in [3.05, 3.63) is 18.1 Å². The molecule has 4 rings (SSSR count). The highest BCUT2D eigenvalue weighted by Gasteiger charge is 2.43. The van der Waals surface area contributed by atoms with Crippen LogP contribution in [0.2, 0.25) is 0 Å². The van der Waals surface area contributed by atoms with Gasteiger partial charge in [0.1, 0.15) is 6.10 Å². The van der Waals surface area contributed by atoms with Crippen molar-refractivity contribution < 1.29 is 19.1 Å². The lowest BCUT2D eigenvalue weighted by Gasteiger charge is -2.47. The molecule has 0 aromatic carbocycles. The maximum atomic E-state index is 12.4. The first-order chi connectivity index (χ1) is 14.8. The predicted octanol–water partition coefficient (Wildman–Crippen LogP) is 1.13. The van der Waals surface area contributed by atoms with E-state index in [4.69, 9.17) is 9.47 Å². The zero-order chi connectivity index (χ0) is 22.0. The van der Waals surface area contributed by atoms with E-state index in [1.165, 1.54) is 13.3 Å². The van der Waals surface area contributed by atoms with E-state index in [2.05, 4.69) is 40.0 Å². The number of aromatic nitrogens is 2. The van der Waals surface area contributed by atoms with Crippen LogP contribution in [0.5, 0.6) is 5.88 Å². The molecule has 4 atom stereocenters. The van der Waals surface area contributed by atoms with E-state index in [1.807, 2.05) is 4.90 Å². The number of hydrogen-bond acceptors (Lipinski definition) is 8. The summed E-state index contributed by atoms with van der Waals surface area (Å²) in [4.78, 5) is 34.8. The number of amides is 2. The summed E-state index contributed by atoms with van der Waals surface area (Å²) < 4.78 is 10.7. The molecule has 10 heteroatoms. The number of hydrazine groups is 1. The Balaban J connectivity index is 1.19. The summed E-state index contributed by atoms with van der Waals surface area (Å²) >= 11 is 0. The Morgan fingerprint density at radius 2 is 2.06 bits per heavy atom. The summed E-state index contributed by atoms with van der Waals surface area (Å²) in [5.74, 6) is 0.710. The van der Waals surface area contributed by atoms with Crippen molar-refractivity contribution in [2.75, 3.05) is 13.7 Å². The Morgan fingerprint density at radius 3 is 2.71 bits per heavy atom. The van der Waals surface area contributed by atoms with Gasteiger partial charge >= 0.3 is 6.09 Å². The predicted molar refractivity (Wildman–Crippen MR) is 112 cm³/mol. The molecule has 3 heterocycles. The molecule has 170 valence electrons. The van der Waals surface area contributed by atoms with Crippen molar-refractivity contribution in [3.63, 3.8) is 0 Å². The van der Waals surface area contributed by atoms with Crippen LogP contribution < -0.4 is 20.9 Å². The highest BCUT2D eigenvalue weighted by Crippen LogP contribution is 2.35. The van der Waals surface area contributed by atoms with Crippen LogP contribution in [0.4, 0.5) is 4.79 Å². The van der Waals surface area contributed by atoms with Crippen LogP contribution in [0, 0.1) is 5.92 Å². The van der Waals surface area contributed by atoms with Gasteiger partial charge in [-0.15, -0.1) is 0 Å². The van der Waals surface area contributed by atoms with Gasteiger partial charge in [-0.1, -0.05) is 0 Å². The number of nitrogens with one attached hydrogen (secondary N) is 3. The Labute approximate surface area is 182 Å². The molecule has 3 fully saturated rings. The van der Waals surface area contributed by atoms with Crippen LogP contribution >= 0.6 is 0 Å². The Hall–Kier alpha value is -2.46. The monoisotopic (exact) mass is 432 g/mol. The van der Waals surface area contributed by atoms with Crippen molar-refractivity contribution in [1.82, 2.24) is 31.0 Å². The molecule has 1 aromatic rings. The second-order valence-electron chi connectivity index (χ2n) is 9.27. The van der Waals surface area contributed by atoms with E-state index in [9.17, 15) is 9.59 Å². The van der Waals surface area contributed by atoms with Crippen LogP contribution in [0.1, 0.15) is 51.6 Å². The second kappa shape index (κ2) is 8.96. The summed E-state index contributed by atoms with van der Waals surface area (Å²) in [5, 5.41) is 2.99. The van der Waals surface area contributed by atoms with Gasteiger partial charge < -0.3 is 19.7 Å². The Kier molecular flexibility index (Phi) is 6.29. The lowest BCUT2D eigenvalue weighted by Crippen LogP contribution is -2.58. The van der Waals surface area contributed by atoms with Gasteiger partial charge in [0.25, 0.3) is 0 Å². The van der Waals surface area contributed by atoms with Crippen LogP contribution in [0.25, 0.3) is 0 Å². The molecule has 2 aliphatic heterocycles. The molecule has 3 N–H and O–H groups in total. The number of rotatable bonds is 6. The molecular weight excluding hydrogens is 400 g/mol. The number of methoxy groups -OCH3 is 1. The fourth-order valence-corrected chi connectivity index (χ4v) is 4.60. The van der Waals surface area contributed by atoms with Gasteiger partial charge in [-0.05, 0) is 51.9 Å². The third-order valence-electron chi connectivity index (χ3n) is 6.66. The number of likely N-dealkylation sites (tertiary alicyclic amines) is 1. The number of carbonyl (C=O) groups is 2. The molecule has 1 aromatic heterocycles. The first-order valence-corrected chi connectivity index (χ1v) is 11.0. The molecule has 0 bridgehead atoms. The maximum Gasteiger partial charge on any atom is 0.410 e. The van der Waals surface area contributed by atoms with Crippen molar-refractivity contribution in [2.24, 2.45) is 5.92 Å². The van der Waals surface area contributed by atoms with Crippen molar-refractivity contribution in [1.29, 1.82) is 0 Å².